The van der Waals surface area contributed by atoms with Crippen molar-refractivity contribution in [1.82, 2.24) is 24.5 Å². The maximum atomic E-state index is 11.3. The van der Waals surface area contributed by atoms with E-state index < -0.39 is 11.9 Å². The van der Waals surface area contributed by atoms with Gasteiger partial charge in [-0.3, -0.25) is 0 Å². The quantitative estimate of drug-likeness (QED) is 0.764. The van der Waals surface area contributed by atoms with Crippen molar-refractivity contribution in [2.75, 3.05) is 7.11 Å². The van der Waals surface area contributed by atoms with Crippen LogP contribution >= 0.6 is 0 Å². The summed E-state index contributed by atoms with van der Waals surface area (Å²) < 4.78 is 7.01. The van der Waals surface area contributed by atoms with E-state index in [4.69, 9.17) is 0 Å². The Kier molecular flexibility index (Phi) is 3.03. The highest BCUT2D eigenvalue weighted by Crippen LogP contribution is 2.16. The van der Waals surface area contributed by atoms with Crippen LogP contribution in [0.3, 0.4) is 0 Å². The number of aromatic carboxylic acids is 1. The maximum Gasteiger partial charge on any atom is 0.377 e. The lowest BCUT2D eigenvalue weighted by Gasteiger charge is -2.02. The Labute approximate surface area is 107 Å². The lowest BCUT2D eigenvalue weighted by Crippen LogP contribution is -2.10. The second kappa shape index (κ2) is 4.52. The van der Waals surface area contributed by atoms with Crippen LogP contribution in [-0.2, 0) is 11.8 Å². The van der Waals surface area contributed by atoms with Gasteiger partial charge in [-0.2, -0.15) is 5.10 Å². The summed E-state index contributed by atoms with van der Waals surface area (Å²) in [6, 6.07) is 0. The number of aromatic nitrogens is 5. The van der Waals surface area contributed by atoms with E-state index >= 15 is 0 Å². The van der Waals surface area contributed by atoms with Crippen LogP contribution in [0.5, 0.6) is 0 Å². The number of hydrogen-bond donors (Lipinski definition) is 1. The summed E-state index contributed by atoms with van der Waals surface area (Å²) in [5.41, 5.74) is 0.351. The number of aryl methyl sites for hydroxylation is 2. The van der Waals surface area contributed by atoms with Gasteiger partial charge in [-0.1, -0.05) is 0 Å². The zero-order chi connectivity index (χ0) is 14.2. The first-order valence-electron chi connectivity index (χ1n) is 5.23. The minimum Gasteiger partial charge on any atom is -0.477 e. The molecule has 0 aliphatic carbocycles. The van der Waals surface area contributed by atoms with Crippen molar-refractivity contribution in [3.8, 4) is 5.82 Å². The van der Waals surface area contributed by atoms with Crippen molar-refractivity contribution in [3.63, 3.8) is 0 Å². The van der Waals surface area contributed by atoms with E-state index in [1.807, 2.05) is 0 Å². The summed E-state index contributed by atoms with van der Waals surface area (Å²) in [6.07, 6.45) is 1.23. The van der Waals surface area contributed by atoms with Crippen molar-refractivity contribution in [2.24, 2.45) is 7.05 Å². The Balaban J connectivity index is 2.56. The van der Waals surface area contributed by atoms with Gasteiger partial charge in [0.15, 0.2) is 5.82 Å². The molecule has 19 heavy (non-hydrogen) atoms. The van der Waals surface area contributed by atoms with E-state index in [1.165, 1.54) is 22.8 Å². The number of carboxylic acids is 1. The first-order chi connectivity index (χ1) is 8.95. The fourth-order valence-corrected chi connectivity index (χ4v) is 1.71. The summed E-state index contributed by atoms with van der Waals surface area (Å²) >= 11 is 0. The summed E-state index contributed by atoms with van der Waals surface area (Å²) in [5, 5.41) is 17.1. The summed E-state index contributed by atoms with van der Waals surface area (Å²) in [7, 11) is 2.79. The van der Waals surface area contributed by atoms with Crippen LogP contribution in [-0.4, -0.2) is 48.7 Å². The lowest BCUT2D eigenvalue weighted by molar-refractivity contribution is 0.0586. The van der Waals surface area contributed by atoms with Gasteiger partial charge >= 0.3 is 11.9 Å². The molecule has 0 aromatic carbocycles. The molecule has 0 fully saturated rings. The molecule has 0 unspecified atom stereocenters. The van der Waals surface area contributed by atoms with E-state index in [9.17, 15) is 14.7 Å². The third-order valence-electron chi connectivity index (χ3n) is 2.48. The van der Waals surface area contributed by atoms with Gasteiger partial charge in [-0.15, -0.1) is 5.10 Å². The van der Waals surface area contributed by atoms with Crippen molar-refractivity contribution in [2.45, 2.75) is 6.92 Å². The van der Waals surface area contributed by atoms with Crippen LogP contribution in [0.25, 0.3) is 5.82 Å². The molecule has 0 atom stereocenters. The number of hydrogen-bond acceptors (Lipinski definition) is 6. The number of rotatable bonds is 3. The van der Waals surface area contributed by atoms with Gasteiger partial charge < -0.3 is 9.84 Å². The molecule has 2 rings (SSSR count). The fraction of sp³-hybridized carbons (Fsp3) is 0.300. The van der Waals surface area contributed by atoms with Gasteiger partial charge in [-0.05, 0) is 6.92 Å². The summed E-state index contributed by atoms with van der Waals surface area (Å²) in [5.74, 6) is -1.77. The van der Waals surface area contributed by atoms with Gasteiger partial charge in [0.05, 0.1) is 12.8 Å². The van der Waals surface area contributed by atoms with E-state index in [-0.39, 0.29) is 17.2 Å². The molecule has 100 valence electrons. The van der Waals surface area contributed by atoms with Crippen LogP contribution in [0.2, 0.25) is 0 Å². The highest BCUT2D eigenvalue weighted by molar-refractivity contribution is 5.92. The number of carboxylic acid groups (broad SMARTS) is 1. The zero-order valence-electron chi connectivity index (χ0n) is 10.5. The van der Waals surface area contributed by atoms with Crippen molar-refractivity contribution in [1.29, 1.82) is 0 Å². The highest BCUT2D eigenvalue weighted by Gasteiger charge is 2.23. The van der Waals surface area contributed by atoms with Gasteiger partial charge in [0.25, 0.3) is 5.82 Å². The number of carbonyl (C=O) groups is 2. The van der Waals surface area contributed by atoms with Gasteiger partial charge in [0, 0.05) is 7.05 Å². The molecule has 2 aromatic heterocycles. The Morgan fingerprint density at radius 2 is 2.05 bits per heavy atom. The van der Waals surface area contributed by atoms with E-state index in [2.05, 4.69) is 19.9 Å². The predicted octanol–water partition coefficient (Wildman–Crippen LogP) is -0.206. The van der Waals surface area contributed by atoms with Gasteiger partial charge in [-0.25, -0.2) is 23.9 Å². The monoisotopic (exact) mass is 265 g/mol. The smallest absolute Gasteiger partial charge is 0.377 e. The molecule has 2 heterocycles. The van der Waals surface area contributed by atoms with Crippen LogP contribution in [0.15, 0.2) is 6.33 Å². The normalized spacial score (nSPS) is 10.5. The Hall–Kier alpha value is -2.71. The lowest BCUT2D eigenvalue weighted by atomic mass is 10.2. The third kappa shape index (κ3) is 2.05. The highest BCUT2D eigenvalue weighted by atomic mass is 16.5. The van der Waals surface area contributed by atoms with E-state index in [0.717, 1.165) is 0 Å². The molecule has 0 aliphatic heterocycles. The molecule has 0 saturated heterocycles. The SMILES string of the molecule is COC(=O)c1ncn(-c2c(C(=O)O)c(C)nn2C)n1. The molecule has 1 N–H and O–H groups in total. The molecular formula is C10H11N5O4. The first kappa shape index (κ1) is 12.7. The number of nitrogens with zero attached hydrogens (tertiary/aromatic N) is 5. The molecule has 0 bridgehead atoms. The molecular weight excluding hydrogens is 254 g/mol. The van der Waals surface area contributed by atoms with E-state index in [0.29, 0.717) is 5.69 Å². The largest absolute Gasteiger partial charge is 0.477 e. The first-order valence-corrected chi connectivity index (χ1v) is 5.23. The molecule has 9 nitrogen and oxygen atoms in total. The standard InChI is InChI=1S/C10H11N5O4/c1-5-6(9(16)17)8(14(2)12-5)15-4-11-7(13-15)10(18)19-3/h4H,1-3H3,(H,16,17). The van der Waals surface area contributed by atoms with Crippen molar-refractivity contribution >= 4 is 11.9 Å². The predicted molar refractivity (Wildman–Crippen MR) is 61.2 cm³/mol. The molecule has 0 amide bonds. The number of methoxy groups -OCH3 is 1. The van der Waals surface area contributed by atoms with Crippen LogP contribution in [0, 0.1) is 6.92 Å². The number of ether oxygens (including phenoxy) is 1. The minimum absolute atomic E-state index is 0.00353. The summed E-state index contributed by atoms with van der Waals surface area (Å²) in [6.45, 7) is 1.57. The van der Waals surface area contributed by atoms with Crippen LogP contribution in [0.4, 0.5) is 0 Å². The average molecular weight is 265 g/mol. The summed E-state index contributed by atoms with van der Waals surface area (Å²) in [4.78, 5) is 26.2. The van der Waals surface area contributed by atoms with Crippen LogP contribution in [0.1, 0.15) is 26.7 Å². The Morgan fingerprint density at radius 1 is 1.37 bits per heavy atom. The van der Waals surface area contributed by atoms with Crippen molar-refractivity contribution < 1.29 is 19.4 Å². The molecule has 2 aromatic rings. The van der Waals surface area contributed by atoms with E-state index in [1.54, 1.807) is 14.0 Å². The van der Waals surface area contributed by atoms with Gasteiger partial charge in [0.2, 0.25) is 0 Å². The Morgan fingerprint density at radius 3 is 2.63 bits per heavy atom. The Bertz CT molecular complexity index is 657. The number of esters is 1. The molecule has 0 saturated carbocycles. The van der Waals surface area contributed by atoms with Crippen molar-refractivity contribution in [3.05, 3.63) is 23.4 Å². The second-order valence-electron chi connectivity index (χ2n) is 3.72. The molecule has 9 heteroatoms. The maximum absolute atomic E-state index is 11.3. The molecule has 0 spiro atoms. The third-order valence-corrected chi connectivity index (χ3v) is 2.48. The number of carbonyl (C=O) groups excluding carboxylic acids is 1. The van der Waals surface area contributed by atoms with Crippen LogP contribution < -0.4 is 0 Å². The second-order valence-corrected chi connectivity index (χ2v) is 3.72. The fourth-order valence-electron chi connectivity index (χ4n) is 1.71. The molecule has 0 aliphatic rings. The average Bonchev–Trinajstić information content (AvgIpc) is 2.92. The topological polar surface area (TPSA) is 112 Å². The minimum atomic E-state index is -1.13. The van der Waals surface area contributed by atoms with Gasteiger partial charge in [0.1, 0.15) is 11.9 Å². The molecule has 0 radical (unpaired) electrons. The zero-order valence-corrected chi connectivity index (χ0v) is 10.5.